The lowest BCUT2D eigenvalue weighted by molar-refractivity contribution is 0.590. The molecule has 6 heteroatoms. The zero-order chi connectivity index (χ0) is 18.7. The Bertz CT molecular complexity index is 1000. The number of hydrogen-bond acceptors (Lipinski definition) is 2. The predicted molar refractivity (Wildman–Crippen MR) is 107 cm³/mol. The molecule has 0 radical (unpaired) electrons. The Kier molecular flexibility index (Phi) is 5.56. The molecule has 0 saturated carbocycles. The number of rotatable bonds is 5. The molecular formula is C20H17Cl2NO2S. The van der Waals surface area contributed by atoms with Gasteiger partial charge in [0.2, 0.25) is 0 Å². The van der Waals surface area contributed by atoms with Crippen LogP contribution < -0.4 is 4.31 Å². The number of halogens is 2. The van der Waals surface area contributed by atoms with Crippen LogP contribution in [-0.2, 0) is 16.6 Å². The highest BCUT2D eigenvalue weighted by atomic mass is 35.5. The number of sulfonamides is 1. The van der Waals surface area contributed by atoms with E-state index >= 15 is 0 Å². The first-order valence-corrected chi connectivity index (χ1v) is 10.2. The summed E-state index contributed by atoms with van der Waals surface area (Å²) in [6, 6.07) is 20.8. The van der Waals surface area contributed by atoms with Gasteiger partial charge in [0.1, 0.15) is 0 Å². The van der Waals surface area contributed by atoms with E-state index in [0.29, 0.717) is 21.3 Å². The van der Waals surface area contributed by atoms with Crippen molar-refractivity contribution in [1.29, 1.82) is 0 Å². The van der Waals surface area contributed by atoms with Crippen molar-refractivity contribution in [3.63, 3.8) is 0 Å². The van der Waals surface area contributed by atoms with Gasteiger partial charge in [-0.1, -0.05) is 65.7 Å². The van der Waals surface area contributed by atoms with Crippen LogP contribution in [0.25, 0.3) is 0 Å². The van der Waals surface area contributed by atoms with Crippen molar-refractivity contribution in [3.05, 3.63) is 94.0 Å². The number of anilines is 1. The van der Waals surface area contributed by atoms with Crippen molar-refractivity contribution in [2.75, 3.05) is 4.31 Å². The first-order chi connectivity index (χ1) is 12.4. The van der Waals surface area contributed by atoms with E-state index in [2.05, 4.69) is 0 Å². The third-order valence-electron chi connectivity index (χ3n) is 4.08. The summed E-state index contributed by atoms with van der Waals surface area (Å²) in [4.78, 5) is 0.214. The van der Waals surface area contributed by atoms with Crippen LogP contribution in [0, 0.1) is 6.92 Å². The molecule has 0 bridgehead atoms. The maximum atomic E-state index is 13.4. The minimum absolute atomic E-state index is 0.0422. The molecule has 0 aliphatic rings. The van der Waals surface area contributed by atoms with E-state index in [0.717, 1.165) is 5.56 Å². The molecule has 3 rings (SSSR count). The van der Waals surface area contributed by atoms with E-state index in [9.17, 15) is 8.42 Å². The molecule has 3 aromatic rings. The summed E-state index contributed by atoms with van der Waals surface area (Å²) in [5.41, 5.74) is 2.00. The van der Waals surface area contributed by atoms with Crippen LogP contribution in [0.5, 0.6) is 0 Å². The summed E-state index contributed by atoms with van der Waals surface area (Å²) in [6.07, 6.45) is 0. The molecule has 0 spiro atoms. The number of nitrogens with zero attached hydrogens (tertiary/aromatic N) is 1. The average Bonchev–Trinajstić information content (AvgIpc) is 2.63. The van der Waals surface area contributed by atoms with Gasteiger partial charge >= 0.3 is 0 Å². The van der Waals surface area contributed by atoms with Crippen LogP contribution in [-0.4, -0.2) is 8.42 Å². The second-order valence-corrected chi connectivity index (χ2v) is 8.49. The Morgan fingerprint density at radius 3 is 2.00 bits per heavy atom. The van der Waals surface area contributed by atoms with Gasteiger partial charge in [-0.05, 0) is 42.8 Å². The van der Waals surface area contributed by atoms with E-state index < -0.39 is 10.0 Å². The van der Waals surface area contributed by atoms with Gasteiger partial charge in [-0.25, -0.2) is 8.42 Å². The monoisotopic (exact) mass is 405 g/mol. The van der Waals surface area contributed by atoms with E-state index in [1.54, 1.807) is 54.6 Å². The van der Waals surface area contributed by atoms with E-state index in [-0.39, 0.29) is 11.4 Å². The Labute approximate surface area is 163 Å². The molecule has 0 heterocycles. The molecular weight excluding hydrogens is 389 g/mol. The van der Waals surface area contributed by atoms with Gasteiger partial charge in [-0.15, -0.1) is 0 Å². The minimum Gasteiger partial charge on any atom is -0.262 e. The number of benzene rings is 3. The van der Waals surface area contributed by atoms with Crippen LogP contribution >= 0.6 is 23.2 Å². The van der Waals surface area contributed by atoms with Crippen molar-refractivity contribution < 1.29 is 8.42 Å². The number of hydrogen-bond donors (Lipinski definition) is 0. The second kappa shape index (κ2) is 7.70. The van der Waals surface area contributed by atoms with Crippen molar-refractivity contribution >= 4 is 38.9 Å². The Balaban J connectivity index is 2.17. The van der Waals surface area contributed by atoms with Crippen molar-refractivity contribution in [3.8, 4) is 0 Å². The lowest BCUT2D eigenvalue weighted by atomic mass is 10.1. The lowest BCUT2D eigenvalue weighted by Gasteiger charge is -2.27. The molecule has 0 saturated heterocycles. The van der Waals surface area contributed by atoms with Crippen LogP contribution in [0.3, 0.4) is 0 Å². The molecule has 0 N–H and O–H groups in total. The zero-order valence-electron chi connectivity index (χ0n) is 14.1. The lowest BCUT2D eigenvalue weighted by Crippen LogP contribution is -2.31. The van der Waals surface area contributed by atoms with Crippen molar-refractivity contribution in [2.45, 2.75) is 18.4 Å². The van der Waals surface area contributed by atoms with Gasteiger partial charge in [0.05, 0.1) is 17.1 Å². The highest BCUT2D eigenvalue weighted by molar-refractivity contribution is 7.92. The standard InChI is InChI=1S/C20H17Cl2NO2S/c1-15-8-5-6-13-20(15)23(14-17-18(21)11-7-12-19(17)22)26(24,25)16-9-3-2-4-10-16/h2-13H,14H2,1H3. The average molecular weight is 406 g/mol. The van der Waals surface area contributed by atoms with Crippen LogP contribution in [0.15, 0.2) is 77.7 Å². The summed E-state index contributed by atoms with van der Waals surface area (Å²) < 4.78 is 28.1. The molecule has 0 aliphatic heterocycles. The highest BCUT2D eigenvalue weighted by Crippen LogP contribution is 2.32. The van der Waals surface area contributed by atoms with E-state index in [4.69, 9.17) is 23.2 Å². The summed E-state index contributed by atoms with van der Waals surface area (Å²) >= 11 is 12.6. The van der Waals surface area contributed by atoms with Crippen LogP contribution in [0.4, 0.5) is 5.69 Å². The number of para-hydroxylation sites is 1. The van der Waals surface area contributed by atoms with E-state index in [1.165, 1.54) is 4.31 Å². The maximum absolute atomic E-state index is 13.4. The van der Waals surface area contributed by atoms with Gasteiger partial charge in [0.25, 0.3) is 10.0 Å². The fourth-order valence-corrected chi connectivity index (χ4v) is 4.72. The van der Waals surface area contributed by atoms with Gasteiger partial charge in [0.15, 0.2) is 0 Å². The SMILES string of the molecule is Cc1ccccc1N(Cc1c(Cl)cccc1Cl)S(=O)(=O)c1ccccc1. The minimum atomic E-state index is -3.79. The largest absolute Gasteiger partial charge is 0.264 e. The second-order valence-electron chi connectivity index (χ2n) is 5.81. The zero-order valence-corrected chi connectivity index (χ0v) is 16.4. The molecule has 0 fully saturated rings. The van der Waals surface area contributed by atoms with Crippen LogP contribution in [0.1, 0.15) is 11.1 Å². The van der Waals surface area contributed by atoms with Crippen molar-refractivity contribution in [2.24, 2.45) is 0 Å². The van der Waals surface area contributed by atoms with Gasteiger partial charge < -0.3 is 0 Å². The fourth-order valence-electron chi connectivity index (χ4n) is 2.69. The third kappa shape index (κ3) is 3.73. The molecule has 3 aromatic carbocycles. The molecule has 0 aliphatic carbocycles. The predicted octanol–water partition coefficient (Wildman–Crippen LogP) is 5.70. The van der Waals surface area contributed by atoms with Gasteiger partial charge in [0, 0.05) is 15.6 Å². The number of aryl methyl sites for hydroxylation is 1. The Hall–Kier alpha value is -2.01. The highest BCUT2D eigenvalue weighted by Gasteiger charge is 2.27. The molecule has 26 heavy (non-hydrogen) atoms. The Morgan fingerprint density at radius 2 is 1.38 bits per heavy atom. The third-order valence-corrected chi connectivity index (χ3v) is 6.56. The summed E-state index contributed by atoms with van der Waals surface area (Å²) in [5, 5.41) is 0.860. The molecule has 0 aromatic heterocycles. The summed E-state index contributed by atoms with van der Waals surface area (Å²) in [5.74, 6) is 0. The fraction of sp³-hybridized carbons (Fsp3) is 0.100. The van der Waals surface area contributed by atoms with Crippen molar-refractivity contribution in [1.82, 2.24) is 0 Å². The molecule has 3 nitrogen and oxygen atoms in total. The topological polar surface area (TPSA) is 37.4 Å². The molecule has 134 valence electrons. The first kappa shape index (κ1) is 18.8. The smallest absolute Gasteiger partial charge is 0.262 e. The molecule has 0 atom stereocenters. The van der Waals surface area contributed by atoms with Gasteiger partial charge in [-0.2, -0.15) is 0 Å². The quantitative estimate of drug-likeness (QED) is 0.545. The first-order valence-electron chi connectivity index (χ1n) is 7.97. The van der Waals surface area contributed by atoms with Crippen LogP contribution in [0.2, 0.25) is 10.0 Å². The Morgan fingerprint density at radius 1 is 0.808 bits per heavy atom. The van der Waals surface area contributed by atoms with Gasteiger partial charge in [-0.3, -0.25) is 4.31 Å². The van der Waals surface area contributed by atoms with E-state index in [1.807, 2.05) is 25.1 Å². The summed E-state index contributed by atoms with van der Waals surface area (Å²) in [6.45, 7) is 1.91. The maximum Gasteiger partial charge on any atom is 0.264 e. The normalized spacial score (nSPS) is 11.3. The molecule has 0 unspecified atom stereocenters. The molecule has 0 amide bonds. The summed E-state index contributed by atoms with van der Waals surface area (Å²) in [7, 11) is -3.79.